The number of amides is 1. The molecular formula is C16H12Cl2N2O3. The second-order valence-corrected chi connectivity index (χ2v) is 5.28. The van der Waals surface area contributed by atoms with Crippen LogP contribution in [0.5, 0.6) is 0 Å². The lowest BCUT2D eigenvalue weighted by Crippen LogP contribution is -2.20. The molecule has 0 radical (unpaired) electrons. The Kier molecular flexibility index (Phi) is 6.14. The maximum Gasteiger partial charge on any atom is 0.331 e. The minimum atomic E-state index is -0.635. The van der Waals surface area contributed by atoms with Gasteiger partial charge in [-0.15, -0.1) is 0 Å². The number of pyridine rings is 1. The zero-order valence-corrected chi connectivity index (χ0v) is 13.3. The van der Waals surface area contributed by atoms with Gasteiger partial charge in [-0.2, -0.15) is 0 Å². The Hall–Kier alpha value is -2.37. The van der Waals surface area contributed by atoms with Crippen molar-refractivity contribution in [3.05, 3.63) is 64.3 Å². The van der Waals surface area contributed by atoms with Gasteiger partial charge in [-0.05, 0) is 35.9 Å². The topological polar surface area (TPSA) is 68.3 Å². The molecular weight excluding hydrogens is 339 g/mol. The van der Waals surface area contributed by atoms with E-state index >= 15 is 0 Å². The third-order valence-corrected chi connectivity index (χ3v) is 3.06. The first kappa shape index (κ1) is 17.0. The summed E-state index contributed by atoms with van der Waals surface area (Å²) >= 11 is 11.5. The fraction of sp³-hybridized carbons (Fsp3) is 0.0625. The number of halogens is 2. The number of carbonyl (C=O) groups is 2. The largest absolute Gasteiger partial charge is 0.452 e. The Bertz CT molecular complexity index is 730. The van der Waals surface area contributed by atoms with Gasteiger partial charge in [-0.25, -0.2) is 9.78 Å². The first-order valence-electron chi connectivity index (χ1n) is 6.55. The summed E-state index contributed by atoms with van der Waals surface area (Å²) in [5, 5.41) is 3.50. The van der Waals surface area contributed by atoms with Gasteiger partial charge in [0.1, 0.15) is 5.82 Å². The summed E-state index contributed by atoms with van der Waals surface area (Å²) in [6.07, 6.45) is 4.17. The molecule has 118 valence electrons. The van der Waals surface area contributed by atoms with Crippen molar-refractivity contribution >= 4 is 47.0 Å². The number of benzene rings is 1. The Morgan fingerprint density at radius 2 is 2.00 bits per heavy atom. The van der Waals surface area contributed by atoms with Crippen molar-refractivity contribution in [2.75, 3.05) is 11.9 Å². The Morgan fingerprint density at radius 1 is 1.17 bits per heavy atom. The van der Waals surface area contributed by atoms with Crippen LogP contribution in [0.4, 0.5) is 5.82 Å². The molecule has 2 rings (SSSR count). The summed E-state index contributed by atoms with van der Waals surface area (Å²) in [7, 11) is 0. The lowest BCUT2D eigenvalue weighted by atomic mass is 10.2. The van der Waals surface area contributed by atoms with Crippen molar-refractivity contribution in [1.29, 1.82) is 0 Å². The van der Waals surface area contributed by atoms with Crippen molar-refractivity contribution in [3.8, 4) is 0 Å². The van der Waals surface area contributed by atoms with Crippen LogP contribution in [0.3, 0.4) is 0 Å². The van der Waals surface area contributed by atoms with Gasteiger partial charge >= 0.3 is 5.97 Å². The Balaban J connectivity index is 1.79. The molecule has 0 saturated heterocycles. The molecule has 0 spiro atoms. The molecule has 2 aromatic rings. The first-order chi connectivity index (χ1) is 11.0. The van der Waals surface area contributed by atoms with E-state index in [-0.39, 0.29) is 0 Å². The van der Waals surface area contributed by atoms with Gasteiger partial charge in [0.2, 0.25) is 0 Å². The average Bonchev–Trinajstić information content (AvgIpc) is 2.53. The number of ether oxygens (including phenoxy) is 1. The van der Waals surface area contributed by atoms with Gasteiger partial charge in [0.05, 0.1) is 5.02 Å². The fourth-order valence-corrected chi connectivity index (χ4v) is 1.90. The minimum Gasteiger partial charge on any atom is -0.452 e. The second-order valence-electron chi connectivity index (χ2n) is 4.41. The third-order valence-electron chi connectivity index (χ3n) is 2.60. The van der Waals surface area contributed by atoms with Crippen LogP contribution in [0.25, 0.3) is 6.08 Å². The predicted octanol–water partition coefficient (Wildman–Crippen LogP) is 3.58. The quantitative estimate of drug-likeness (QED) is 0.660. The van der Waals surface area contributed by atoms with Gasteiger partial charge in [-0.3, -0.25) is 4.79 Å². The van der Waals surface area contributed by atoms with Crippen LogP contribution in [0.15, 0.2) is 48.7 Å². The minimum absolute atomic E-state index is 0.324. The number of aromatic nitrogens is 1. The molecule has 0 fully saturated rings. The molecule has 0 aliphatic heterocycles. The highest BCUT2D eigenvalue weighted by molar-refractivity contribution is 6.30. The molecule has 0 aliphatic rings. The van der Waals surface area contributed by atoms with Crippen LogP contribution in [0.2, 0.25) is 10.0 Å². The zero-order chi connectivity index (χ0) is 16.7. The molecule has 1 amide bonds. The van der Waals surface area contributed by atoms with Crippen molar-refractivity contribution in [1.82, 2.24) is 4.98 Å². The fourth-order valence-electron chi connectivity index (χ4n) is 1.59. The molecule has 1 heterocycles. The highest BCUT2D eigenvalue weighted by Crippen LogP contribution is 2.12. The number of nitrogens with one attached hydrogen (secondary N) is 1. The number of hydrogen-bond donors (Lipinski definition) is 1. The van der Waals surface area contributed by atoms with E-state index in [1.54, 1.807) is 42.5 Å². The Morgan fingerprint density at radius 3 is 2.70 bits per heavy atom. The molecule has 0 atom stereocenters. The van der Waals surface area contributed by atoms with Crippen molar-refractivity contribution in [3.63, 3.8) is 0 Å². The van der Waals surface area contributed by atoms with E-state index in [0.29, 0.717) is 15.9 Å². The molecule has 5 nitrogen and oxygen atoms in total. The average molecular weight is 351 g/mol. The summed E-state index contributed by atoms with van der Waals surface area (Å²) in [5.41, 5.74) is 0.754. The van der Waals surface area contributed by atoms with E-state index in [0.717, 1.165) is 5.56 Å². The van der Waals surface area contributed by atoms with Crippen LogP contribution < -0.4 is 5.32 Å². The summed E-state index contributed by atoms with van der Waals surface area (Å²) in [6.45, 7) is -0.414. The SMILES string of the molecule is O=C(COC(=O)/C=C/c1cccc(Cl)c1)Nc1ccc(Cl)cn1. The highest BCUT2D eigenvalue weighted by Gasteiger charge is 2.06. The number of rotatable bonds is 5. The molecule has 0 bridgehead atoms. The maximum absolute atomic E-state index is 11.6. The van der Waals surface area contributed by atoms with E-state index < -0.39 is 18.5 Å². The first-order valence-corrected chi connectivity index (χ1v) is 7.30. The molecule has 0 unspecified atom stereocenters. The van der Waals surface area contributed by atoms with E-state index in [9.17, 15) is 9.59 Å². The summed E-state index contributed by atoms with van der Waals surface area (Å²) in [5.74, 6) is -0.807. The van der Waals surface area contributed by atoms with Crippen LogP contribution in [0.1, 0.15) is 5.56 Å². The van der Waals surface area contributed by atoms with E-state index in [2.05, 4.69) is 10.3 Å². The van der Waals surface area contributed by atoms with Crippen LogP contribution in [-0.2, 0) is 14.3 Å². The van der Waals surface area contributed by atoms with Crippen LogP contribution >= 0.6 is 23.2 Å². The maximum atomic E-state index is 11.6. The number of esters is 1. The smallest absolute Gasteiger partial charge is 0.331 e. The van der Waals surface area contributed by atoms with Gasteiger partial charge in [0.25, 0.3) is 5.91 Å². The van der Waals surface area contributed by atoms with E-state index in [1.807, 2.05) is 0 Å². The summed E-state index contributed by atoms with van der Waals surface area (Å²) < 4.78 is 4.83. The predicted molar refractivity (Wildman–Crippen MR) is 89.3 cm³/mol. The molecule has 1 N–H and O–H groups in total. The standard InChI is InChI=1S/C16H12Cl2N2O3/c17-12-3-1-2-11(8-12)4-7-16(22)23-10-15(21)20-14-6-5-13(18)9-19-14/h1-9H,10H2,(H,19,20,21)/b7-4+. The number of carbonyl (C=O) groups excluding carboxylic acids is 2. The summed E-state index contributed by atoms with van der Waals surface area (Å²) in [4.78, 5) is 27.1. The lowest BCUT2D eigenvalue weighted by Gasteiger charge is -2.04. The molecule has 1 aromatic heterocycles. The van der Waals surface area contributed by atoms with E-state index in [4.69, 9.17) is 27.9 Å². The zero-order valence-electron chi connectivity index (χ0n) is 11.8. The van der Waals surface area contributed by atoms with Crippen LogP contribution in [0, 0.1) is 0 Å². The highest BCUT2D eigenvalue weighted by atomic mass is 35.5. The van der Waals surface area contributed by atoms with E-state index in [1.165, 1.54) is 12.3 Å². The Labute approximate surface area is 142 Å². The third kappa shape index (κ3) is 6.10. The molecule has 23 heavy (non-hydrogen) atoms. The number of anilines is 1. The number of nitrogens with zero attached hydrogens (tertiary/aromatic N) is 1. The second kappa shape index (κ2) is 8.31. The normalized spacial score (nSPS) is 10.5. The van der Waals surface area contributed by atoms with Gasteiger partial charge in [0.15, 0.2) is 6.61 Å². The van der Waals surface area contributed by atoms with Crippen molar-refractivity contribution < 1.29 is 14.3 Å². The summed E-state index contributed by atoms with van der Waals surface area (Å²) in [6, 6.07) is 10.1. The van der Waals surface area contributed by atoms with Crippen molar-refractivity contribution in [2.24, 2.45) is 0 Å². The van der Waals surface area contributed by atoms with Crippen molar-refractivity contribution in [2.45, 2.75) is 0 Å². The molecule has 7 heteroatoms. The lowest BCUT2D eigenvalue weighted by molar-refractivity contribution is -0.142. The van der Waals surface area contributed by atoms with Crippen LogP contribution in [-0.4, -0.2) is 23.5 Å². The molecule has 1 aromatic carbocycles. The molecule has 0 aliphatic carbocycles. The molecule has 0 saturated carbocycles. The monoisotopic (exact) mass is 350 g/mol. The van der Waals surface area contributed by atoms with Gasteiger partial charge in [0, 0.05) is 17.3 Å². The van der Waals surface area contributed by atoms with Gasteiger partial charge < -0.3 is 10.1 Å². The van der Waals surface area contributed by atoms with Gasteiger partial charge in [-0.1, -0.05) is 35.3 Å². The number of hydrogen-bond acceptors (Lipinski definition) is 4.